The van der Waals surface area contributed by atoms with E-state index in [-0.39, 0.29) is 57.2 Å². The van der Waals surface area contributed by atoms with Crippen LogP contribution in [0.15, 0.2) is 0 Å². The average Bonchev–Trinajstić information content (AvgIpc) is 1.25. The second-order valence-corrected chi connectivity index (χ2v) is 0.500. The molecule has 6 nitrogen and oxygen atoms in total. The molecule has 0 atom stereocenters. The molecule has 0 radical (unpaired) electrons. The average molecular weight is 225 g/mol. The molecule has 0 aromatic rings. The van der Waals surface area contributed by atoms with Gasteiger partial charge in [-0.3, -0.25) is 0 Å². The van der Waals surface area contributed by atoms with Crippen LogP contribution < -0.4 is 20.4 Å². The first kappa shape index (κ1) is 22.4. The summed E-state index contributed by atoms with van der Waals surface area (Å²) < 4.78 is 0. The van der Waals surface area contributed by atoms with Gasteiger partial charge in [0.15, 0.2) is 0 Å². The Hall–Kier alpha value is 0.423. The standard InChI is InChI=1S/2CH2O3.Ca.Zn/c2*2-1(3)4;;/h2*(H2,2,3,4);;/q;;2*+2/p-4. The Kier molecular flexibility index (Phi) is 36.4. The van der Waals surface area contributed by atoms with Crippen molar-refractivity contribution in [3.8, 4) is 0 Å². The Bertz CT molecular complexity index is 73.7. The van der Waals surface area contributed by atoms with Crippen molar-refractivity contribution < 1.29 is 49.5 Å². The molecule has 0 bridgehead atoms. The zero-order chi connectivity index (χ0) is 7.15. The van der Waals surface area contributed by atoms with Crippen LogP contribution in [0.2, 0.25) is 0 Å². The van der Waals surface area contributed by atoms with Crippen molar-refractivity contribution in [1.82, 2.24) is 0 Å². The van der Waals surface area contributed by atoms with Crippen LogP contribution in [0.4, 0.5) is 9.59 Å². The normalized spacial score (nSPS) is 4.80. The number of hydrogen-bond acceptors (Lipinski definition) is 6. The quantitative estimate of drug-likeness (QED) is 0.379. The fourth-order valence-electron chi connectivity index (χ4n) is 0. The van der Waals surface area contributed by atoms with Gasteiger partial charge in [0.2, 0.25) is 0 Å². The van der Waals surface area contributed by atoms with Crippen LogP contribution in [0.3, 0.4) is 0 Å². The van der Waals surface area contributed by atoms with Gasteiger partial charge in [-0.1, -0.05) is 0 Å². The first-order chi connectivity index (χ1) is 3.46. The molecule has 10 heavy (non-hydrogen) atoms. The van der Waals surface area contributed by atoms with Crippen LogP contribution in [0.5, 0.6) is 0 Å². The Morgan fingerprint density at radius 1 is 0.800 bits per heavy atom. The Morgan fingerprint density at radius 3 is 0.800 bits per heavy atom. The molecule has 0 spiro atoms. The molecule has 8 heteroatoms. The van der Waals surface area contributed by atoms with Crippen molar-refractivity contribution in [2.24, 2.45) is 0 Å². The molecule has 0 rings (SSSR count). The van der Waals surface area contributed by atoms with Crippen molar-refractivity contribution in [2.45, 2.75) is 0 Å². The van der Waals surface area contributed by atoms with E-state index in [9.17, 15) is 0 Å². The number of rotatable bonds is 0. The molecule has 0 aliphatic rings. The predicted octanol–water partition coefficient (Wildman–Crippen LogP) is -5.28. The van der Waals surface area contributed by atoms with Gasteiger partial charge in [0.25, 0.3) is 0 Å². The summed E-state index contributed by atoms with van der Waals surface area (Å²) in [6.45, 7) is 0. The molecule has 0 aromatic heterocycles. The second kappa shape index (κ2) is 16.2. The zero-order valence-corrected chi connectivity index (χ0v) is 10.0. The van der Waals surface area contributed by atoms with Crippen molar-refractivity contribution in [3.05, 3.63) is 0 Å². The van der Waals surface area contributed by atoms with E-state index >= 15 is 0 Å². The maximum absolute atomic E-state index is 8.33. The molecular weight excluding hydrogens is 225 g/mol. The molecule has 0 fully saturated rings. The van der Waals surface area contributed by atoms with Crippen LogP contribution in [-0.4, -0.2) is 50.0 Å². The van der Waals surface area contributed by atoms with Crippen molar-refractivity contribution in [2.75, 3.05) is 0 Å². The summed E-state index contributed by atoms with van der Waals surface area (Å²) in [5, 5.41) is 33.3. The van der Waals surface area contributed by atoms with E-state index < -0.39 is 12.3 Å². The van der Waals surface area contributed by atoms with E-state index in [0.717, 1.165) is 0 Å². The molecule has 48 valence electrons. The van der Waals surface area contributed by atoms with Crippen LogP contribution >= 0.6 is 0 Å². The summed E-state index contributed by atoms with van der Waals surface area (Å²) >= 11 is 0. The summed E-state index contributed by atoms with van der Waals surface area (Å²) in [5.41, 5.74) is 0. The fourth-order valence-corrected chi connectivity index (χ4v) is 0. The molecule has 0 unspecified atom stereocenters. The Balaban J connectivity index is -0.0000000300. The molecular formula is C2CaO6Zn. The third-order valence-electron chi connectivity index (χ3n) is 0. The first-order valence-corrected chi connectivity index (χ1v) is 1.22. The fraction of sp³-hybridized carbons (Fsp3) is 0. The Morgan fingerprint density at radius 2 is 0.800 bits per heavy atom. The minimum Gasteiger partial charge on any atom is -0.652 e. The summed E-state index contributed by atoms with van der Waals surface area (Å²) in [6, 6.07) is 0. The van der Waals surface area contributed by atoms with Gasteiger partial charge in [-0.05, 0) is 12.3 Å². The van der Waals surface area contributed by atoms with Gasteiger partial charge in [0.1, 0.15) is 0 Å². The van der Waals surface area contributed by atoms with Gasteiger partial charge in [0, 0.05) is 0 Å². The third-order valence-corrected chi connectivity index (χ3v) is 0. The molecule has 0 aromatic carbocycles. The number of carbonyl (C=O) groups excluding carboxylic acids is 2. The number of carboxylic acid groups (broad SMARTS) is 4. The maximum Gasteiger partial charge on any atom is 2.00 e. The third kappa shape index (κ3) is 2590. The second-order valence-electron chi connectivity index (χ2n) is 0.500. The molecule has 0 aliphatic carbocycles. The van der Waals surface area contributed by atoms with Crippen molar-refractivity contribution in [3.63, 3.8) is 0 Å². The van der Waals surface area contributed by atoms with Crippen LogP contribution in [0, 0.1) is 0 Å². The molecule has 0 amide bonds. The van der Waals surface area contributed by atoms with Crippen molar-refractivity contribution in [1.29, 1.82) is 0 Å². The molecule has 0 heterocycles. The number of carbonyl (C=O) groups is 2. The molecule has 0 N–H and O–H groups in total. The van der Waals surface area contributed by atoms with Gasteiger partial charge >= 0.3 is 57.2 Å². The first-order valence-electron chi connectivity index (χ1n) is 1.22. The van der Waals surface area contributed by atoms with Gasteiger partial charge in [-0.25, -0.2) is 0 Å². The molecule has 0 saturated carbocycles. The monoisotopic (exact) mass is 224 g/mol. The van der Waals surface area contributed by atoms with Gasteiger partial charge in [-0.15, -0.1) is 0 Å². The van der Waals surface area contributed by atoms with E-state index in [1.165, 1.54) is 0 Å². The largest absolute Gasteiger partial charge is 2.00 e. The summed E-state index contributed by atoms with van der Waals surface area (Å²) in [5.74, 6) is 0. The SMILES string of the molecule is O=C([O-])[O-].O=C([O-])[O-].[Ca+2].[Zn+2]. The van der Waals surface area contributed by atoms with E-state index in [1.807, 2.05) is 0 Å². The van der Waals surface area contributed by atoms with E-state index in [0.29, 0.717) is 0 Å². The maximum atomic E-state index is 8.33. The van der Waals surface area contributed by atoms with Crippen LogP contribution in [0.1, 0.15) is 0 Å². The van der Waals surface area contributed by atoms with Gasteiger partial charge in [0.05, 0.1) is 0 Å². The molecule has 0 aliphatic heterocycles. The van der Waals surface area contributed by atoms with E-state index in [1.54, 1.807) is 0 Å². The predicted molar refractivity (Wildman–Crippen MR) is 16.5 cm³/mol. The van der Waals surface area contributed by atoms with E-state index in [2.05, 4.69) is 0 Å². The van der Waals surface area contributed by atoms with Gasteiger partial charge in [-0.2, -0.15) is 0 Å². The van der Waals surface area contributed by atoms with Gasteiger partial charge < -0.3 is 30.0 Å². The van der Waals surface area contributed by atoms with E-state index in [4.69, 9.17) is 30.0 Å². The summed E-state index contributed by atoms with van der Waals surface area (Å²) in [6.07, 6.45) is -4.67. The topological polar surface area (TPSA) is 126 Å². The minimum atomic E-state index is -2.33. The summed E-state index contributed by atoms with van der Waals surface area (Å²) in [7, 11) is 0. The zero-order valence-electron chi connectivity index (χ0n) is 4.86. The van der Waals surface area contributed by atoms with Crippen LogP contribution in [-0.2, 0) is 19.5 Å². The smallest absolute Gasteiger partial charge is 0.652 e. The van der Waals surface area contributed by atoms with Crippen LogP contribution in [0.25, 0.3) is 0 Å². The molecule has 0 saturated heterocycles. The van der Waals surface area contributed by atoms with Crippen molar-refractivity contribution >= 4 is 50.0 Å². The summed E-state index contributed by atoms with van der Waals surface area (Å²) in [4.78, 5) is 16.7. The number of hydrogen-bond donors (Lipinski definition) is 0. The minimum absolute atomic E-state index is 0. The Labute approximate surface area is 98.6 Å².